The van der Waals surface area contributed by atoms with E-state index in [-0.39, 0.29) is 76.0 Å². The number of halogens is 12. The Bertz CT molecular complexity index is 4020. The minimum Gasteiger partial charge on any atom is -0.870 e. The van der Waals surface area contributed by atoms with E-state index >= 15 is 0 Å². The molecule has 11 rings (SSSR count). The molecule has 0 radical (unpaired) electrons. The maximum atomic E-state index is 11.2. The monoisotopic (exact) mass is 1960 g/mol. The molecule has 0 unspecified atom stereocenters. The van der Waals surface area contributed by atoms with Gasteiger partial charge in [0.15, 0.2) is 0 Å². The van der Waals surface area contributed by atoms with Gasteiger partial charge < -0.3 is 25.2 Å². The second-order valence-corrected chi connectivity index (χ2v) is 34.7. The molecule has 115 heavy (non-hydrogen) atoms. The standard InChI is InChI=1S/C28H30Cl2O3S.C18H20Cl2OS.C16H15Cl3.C16H15Cl2I.C13H10Cl2.C2H6OS.K.H2O/c1-32-28(31)17-6-21-4-15-26(16-5-21)33-18-20-34-19-2-3-27(22-7-11-24(29)12-8-22)23-9-13-25(30)14-10-23;19-16-7-3-14(4-8-16)18(2-1-12-22-13-11-21)15-5-9-17(20)10-6-15;17-11-1-2-16(12-3-7-14(18)8-4-12)13-5-9-15(19)10-6-13;17-14-7-3-12(4-8-14)16(2-1-11-19)13-5-9-15(18)10-6-13;14-12-5-1-10(2-6-12)9-11-3-7-13(15)8-4-11;3-1-2-4;;/h4-5,7-16,27H,2-3,6,17-20H2,1H3;3-10,18,21H,1-2,11-13H2;2*3-10,16H,1-2,11H2;1-8H,9H2;3-4H,1-2H2;;1H2/q;;;;;;+1;/p-1. The summed E-state index contributed by atoms with van der Waals surface area (Å²) in [6.45, 7) is 1.11. The van der Waals surface area contributed by atoms with E-state index in [1.165, 1.54) is 73.6 Å². The van der Waals surface area contributed by atoms with E-state index in [4.69, 9.17) is 143 Å². The van der Waals surface area contributed by atoms with Crippen LogP contribution in [-0.2, 0) is 22.4 Å². The van der Waals surface area contributed by atoms with Crippen molar-refractivity contribution in [1.82, 2.24) is 0 Å². The molecule has 0 bridgehead atoms. The maximum absolute atomic E-state index is 11.2. The molecule has 11 aromatic rings. The van der Waals surface area contributed by atoms with Crippen LogP contribution in [0.3, 0.4) is 0 Å². The van der Waals surface area contributed by atoms with Gasteiger partial charge in [0.1, 0.15) is 5.75 Å². The van der Waals surface area contributed by atoms with Crippen LogP contribution in [0.15, 0.2) is 267 Å². The van der Waals surface area contributed by atoms with Crippen molar-refractivity contribution in [1.29, 1.82) is 0 Å². The Morgan fingerprint density at radius 2 is 0.626 bits per heavy atom. The Morgan fingerprint density at radius 1 is 0.374 bits per heavy atom. The van der Waals surface area contributed by atoms with Crippen molar-refractivity contribution in [2.75, 3.05) is 66.0 Å². The molecule has 6 nitrogen and oxygen atoms in total. The van der Waals surface area contributed by atoms with Crippen molar-refractivity contribution in [2.45, 2.75) is 94.3 Å². The third kappa shape index (κ3) is 42.7. The van der Waals surface area contributed by atoms with Gasteiger partial charge >= 0.3 is 57.4 Å². The van der Waals surface area contributed by atoms with Gasteiger partial charge in [0.25, 0.3) is 0 Å². The molecule has 0 saturated carbocycles. The third-order valence-corrected chi connectivity index (χ3v) is 23.7. The molecule has 0 amide bonds. The van der Waals surface area contributed by atoms with Gasteiger partial charge in [0.05, 0.1) is 26.9 Å². The van der Waals surface area contributed by atoms with Crippen LogP contribution in [0.5, 0.6) is 5.75 Å². The van der Waals surface area contributed by atoms with Gasteiger partial charge in [-0.3, -0.25) is 4.79 Å². The van der Waals surface area contributed by atoms with Gasteiger partial charge in [0.2, 0.25) is 0 Å². The van der Waals surface area contributed by atoms with Crippen LogP contribution in [-0.4, -0.2) is 87.7 Å². The summed E-state index contributed by atoms with van der Waals surface area (Å²) in [6.07, 6.45) is 10.7. The van der Waals surface area contributed by atoms with Crippen molar-refractivity contribution < 1.29 is 81.3 Å². The Hall–Kier alpha value is -2.82. The van der Waals surface area contributed by atoms with E-state index in [0.717, 1.165) is 136 Å². The quantitative estimate of drug-likeness (QED) is 0.00915. The first-order chi connectivity index (χ1) is 54.8. The Labute approximate surface area is 807 Å². The van der Waals surface area contributed by atoms with Crippen LogP contribution in [0.1, 0.15) is 143 Å². The molecule has 0 aliphatic carbocycles. The molecular weight excluding hydrogens is 1870 g/mol. The summed E-state index contributed by atoms with van der Waals surface area (Å²) in [4.78, 5) is 11.2. The van der Waals surface area contributed by atoms with Crippen LogP contribution < -0.4 is 56.1 Å². The first-order valence-electron chi connectivity index (χ1n) is 37.2. The number of thioether (sulfide) groups is 2. The van der Waals surface area contributed by atoms with Gasteiger partial charge in [-0.15, -0.1) is 11.6 Å². The van der Waals surface area contributed by atoms with Gasteiger partial charge in [-0.2, -0.15) is 36.2 Å². The fourth-order valence-corrected chi connectivity index (χ4v) is 15.4. The zero-order chi connectivity index (χ0) is 81.4. The van der Waals surface area contributed by atoms with E-state index in [0.29, 0.717) is 54.8 Å². The topological polar surface area (TPSA) is 106 Å². The Morgan fingerprint density at radius 3 is 0.878 bits per heavy atom. The number of aliphatic hydroxyl groups is 2. The first-order valence-corrected chi connectivity index (χ1v) is 46.0. The van der Waals surface area contributed by atoms with E-state index in [9.17, 15) is 4.79 Å². The molecule has 0 spiro atoms. The number of esters is 1. The Balaban J connectivity index is 0.000000306. The molecule has 608 valence electrons. The number of aliphatic hydroxyl groups excluding tert-OH is 2. The minimum absolute atomic E-state index is 0. The number of carbonyl (C=O) groups is 1. The number of carbonyl (C=O) groups excluding carboxylic acids is 1. The van der Waals surface area contributed by atoms with Crippen molar-refractivity contribution in [3.63, 3.8) is 0 Å². The Kier molecular flexibility index (Phi) is 56.6. The van der Waals surface area contributed by atoms with Crippen molar-refractivity contribution >= 4 is 192 Å². The van der Waals surface area contributed by atoms with Crippen LogP contribution in [0.4, 0.5) is 0 Å². The van der Waals surface area contributed by atoms with Crippen molar-refractivity contribution in [3.8, 4) is 5.75 Å². The van der Waals surface area contributed by atoms with E-state index < -0.39 is 0 Å². The number of hydrogen-bond donors (Lipinski definition) is 3. The number of aryl methyl sites for hydroxylation is 1. The summed E-state index contributed by atoms with van der Waals surface area (Å²) < 4.78 is 11.7. The SMILES string of the molecule is COC(=O)CCc1ccc(OCCSCCCC(c2ccc(Cl)cc2)c2ccc(Cl)cc2)cc1.ClCCCC(c1ccc(Cl)cc1)c1ccc(Cl)cc1.Clc1ccc(C(CCCI)c2ccc(Cl)cc2)cc1.Clc1ccc(Cc2ccc(Cl)cc2)cc1.OCCS.OCCSCCCC(c1ccc(Cl)cc1)c1ccc(Cl)cc1.[K+].[OH-]. The summed E-state index contributed by atoms with van der Waals surface area (Å²) in [7, 11) is 1.41. The maximum Gasteiger partial charge on any atom is 1.00 e. The minimum atomic E-state index is -0.190. The second kappa shape index (κ2) is 62.3. The van der Waals surface area contributed by atoms with Crippen LogP contribution in [0.25, 0.3) is 0 Å². The molecule has 0 aromatic heterocycles. The summed E-state index contributed by atoms with van der Waals surface area (Å²) in [5, 5.41) is 24.3. The van der Waals surface area contributed by atoms with E-state index in [1.54, 1.807) is 11.8 Å². The molecule has 0 saturated heterocycles. The van der Waals surface area contributed by atoms with Crippen LogP contribution >= 0.6 is 186 Å². The zero-order valence-corrected chi connectivity index (χ0v) is 80.6. The molecule has 0 atom stereocenters. The smallest absolute Gasteiger partial charge is 0.870 e. The first kappa shape index (κ1) is 105. The fourth-order valence-electron chi connectivity index (χ4n) is 12.0. The van der Waals surface area contributed by atoms with E-state index in [1.807, 2.05) is 182 Å². The largest absolute Gasteiger partial charge is 1.00 e. The molecule has 22 heteroatoms. The van der Waals surface area contributed by atoms with Crippen molar-refractivity contribution in [2.24, 2.45) is 0 Å². The average Bonchev–Trinajstić information content (AvgIpc) is 0.856. The second-order valence-electron chi connectivity index (χ2n) is 26.0. The average molecular weight is 1960 g/mol. The van der Waals surface area contributed by atoms with Crippen LogP contribution in [0, 0.1) is 0 Å². The number of ether oxygens (including phenoxy) is 2. The fraction of sp³-hybridized carbons (Fsp3) is 0.280. The summed E-state index contributed by atoms with van der Waals surface area (Å²) in [5.41, 5.74) is 13.9. The van der Waals surface area contributed by atoms with Gasteiger partial charge in [-0.05, 0) is 275 Å². The van der Waals surface area contributed by atoms with Crippen molar-refractivity contribution in [3.05, 3.63) is 378 Å². The van der Waals surface area contributed by atoms with Gasteiger partial charge in [0, 0.05) is 103 Å². The predicted octanol–water partition coefficient (Wildman–Crippen LogP) is 27.3. The number of rotatable bonds is 34. The van der Waals surface area contributed by atoms with Gasteiger partial charge in [-0.1, -0.05) is 272 Å². The number of thiol groups is 1. The number of alkyl halides is 2. The third-order valence-electron chi connectivity index (χ3n) is 17.8. The summed E-state index contributed by atoms with van der Waals surface area (Å²) in [6, 6.07) is 88.5. The normalized spacial score (nSPS) is 10.6. The predicted molar refractivity (Wildman–Crippen MR) is 508 cm³/mol. The molecule has 11 aromatic carbocycles. The summed E-state index contributed by atoms with van der Waals surface area (Å²) in [5.74, 6) is 7.25. The summed E-state index contributed by atoms with van der Waals surface area (Å²) >= 11 is 75.3. The molecule has 0 fully saturated rings. The molecule has 0 heterocycles. The molecular formula is C93H97Cl11IKO6S3. The zero-order valence-electron chi connectivity index (χ0n) is 64.4. The number of methoxy groups -OCH3 is 1. The number of benzene rings is 11. The van der Waals surface area contributed by atoms with Crippen LogP contribution in [0.2, 0.25) is 50.2 Å². The van der Waals surface area contributed by atoms with E-state index in [2.05, 4.69) is 137 Å². The van der Waals surface area contributed by atoms with Gasteiger partial charge in [-0.25, -0.2) is 0 Å². The molecule has 3 N–H and O–H groups in total. The molecule has 0 aliphatic rings. The molecule has 0 aliphatic heterocycles. The number of hydrogen-bond acceptors (Lipinski definition) is 9.